The minimum absolute atomic E-state index is 0.294. The van der Waals surface area contributed by atoms with Crippen LogP contribution in [0.4, 0.5) is 0 Å². The van der Waals surface area contributed by atoms with E-state index in [1.54, 1.807) is 12.1 Å². The van der Waals surface area contributed by atoms with Gasteiger partial charge in [0.15, 0.2) is 0 Å². The Hall–Kier alpha value is -1.53. The Bertz CT molecular complexity index is 443. The Balaban J connectivity index is 1.98. The fourth-order valence-corrected chi connectivity index (χ4v) is 2.72. The normalized spacial score (nSPS) is 19.6. The van der Waals surface area contributed by atoms with E-state index < -0.39 is 0 Å². The number of nitriles is 1. The maximum absolute atomic E-state index is 9.53. The molecule has 0 saturated carbocycles. The van der Waals surface area contributed by atoms with Crippen molar-refractivity contribution < 1.29 is 5.11 Å². The zero-order chi connectivity index (χ0) is 13.7. The molecular weight excluding hydrogens is 236 g/mol. The van der Waals surface area contributed by atoms with Crippen molar-refractivity contribution >= 4 is 0 Å². The smallest absolute Gasteiger partial charge is 0.115 e. The van der Waals surface area contributed by atoms with Crippen LogP contribution in [0.3, 0.4) is 0 Å². The molecule has 1 N–H and O–H groups in total. The highest BCUT2D eigenvalue weighted by Crippen LogP contribution is 2.25. The number of aryl methyl sites for hydroxylation is 1. The summed E-state index contributed by atoms with van der Waals surface area (Å²) in [4.78, 5) is 2.33. The highest BCUT2D eigenvalue weighted by atomic mass is 16.3. The average Bonchev–Trinajstić information content (AvgIpc) is 2.47. The van der Waals surface area contributed by atoms with E-state index >= 15 is 0 Å². The molecular formula is C16H22N2O. The fraction of sp³-hybridized carbons (Fsp3) is 0.562. The Morgan fingerprint density at radius 3 is 2.42 bits per heavy atom. The third kappa shape index (κ3) is 3.48. The SMILES string of the molecule is CC(C#N)(CCc1ccc(O)cc1)N1CCCCC1. The van der Waals surface area contributed by atoms with Crippen molar-refractivity contribution in [2.45, 2.75) is 44.6 Å². The van der Waals surface area contributed by atoms with Crippen molar-refractivity contribution in [3.8, 4) is 11.8 Å². The predicted octanol–water partition coefficient (Wildman–Crippen LogP) is 3.09. The van der Waals surface area contributed by atoms with Gasteiger partial charge in [-0.2, -0.15) is 5.26 Å². The highest BCUT2D eigenvalue weighted by molar-refractivity contribution is 5.26. The standard InChI is InChI=1S/C16H22N2O/c1-16(13-17,18-11-3-2-4-12-18)10-9-14-5-7-15(19)8-6-14/h5-8,19H,2-4,9-12H2,1H3. The van der Waals surface area contributed by atoms with Crippen LogP contribution in [0.25, 0.3) is 0 Å². The summed E-state index contributed by atoms with van der Waals surface area (Å²) >= 11 is 0. The maximum atomic E-state index is 9.53. The maximum Gasteiger partial charge on any atom is 0.115 e. The molecule has 0 bridgehead atoms. The third-order valence-corrected chi connectivity index (χ3v) is 4.13. The van der Waals surface area contributed by atoms with Crippen LogP contribution in [0.5, 0.6) is 5.75 Å². The molecule has 1 heterocycles. The second kappa shape index (κ2) is 6.08. The van der Waals surface area contributed by atoms with Crippen molar-refractivity contribution in [1.82, 2.24) is 4.90 Å². The molecule has 1 aromatic carbocycles. The summed E-state index contributed by atoms with van der Waals surface area (Å²) in [5.74, 6) is 0.294. The molecule has 2 rings (SSSR count). The topological polar surface area (TPSA) is 47.3 Å². The number of phenols is 1. The Labute approximate surface area is 115 Å². The lowest BCUT2D eigenvalue weighted by atomic mass is 9.91. The number of phenolic OH excluding ortho intramolecular Hbond substituents is 1. The molecule has 1 atom stereocenters. The second-order valence-electron chi connectivity index (χ2n) is 5.60. The van der Waals surface area contributed by atoms with Gasteiger partial charge in [0.2, 0.25) is 0 Å². The molecule has 0 radical (unpaired) electrons. The monoisotopic (exact) mass is 258 g/mol. The van der Waals surface area contributed by atoms with E-state index in [9.17, 15) is 10.4 Å². The van der Waals surface area contributed by atoms with Gasteiger partial charge in [-0.3, -0.25) is 4.90 Å². The van der Waals surface area contributed by atoms with Crippen LogP contribution < -0.4 is 0 Å². The largest absolute Gasteiger partial charge is 0.508 e. The molecule has 1 saturated heterocycles. The molecule has 102 valence electrons. The summed E-state index contributed by atoms with van der Waals surface area (Å²) in [5.41, 5.74) is 0.814. The van der Waals surface area contributed by atoms with E-state index in [1.165, 1.54) is 24.8 Å². The second-order valence-corrected chi connectivity index (χ2v) is 5.60. The summed E-state index contributed by atoms with van der Waals surface area (Å²) < 4.78 is 0. The summed E-state index contributed by atoms with van der Waals surface area (Å²) in [6.07, 6.45) is 5.41. The summed E-state index contributed by atoms with van der Waals surface area (Å²) in [6, 6.07) is 9.79. The lowest BCUT2D eigenvalue weighted by Gasteiger charge is -2.38. The van der Waals surface area contributed by atoms with Crippen molar-refractivity contribution in [2.75, 3.05) is 13.1 Å². The van der Waals surface area contributed by atoms with Gasteiger partial charge in [-0.15, -0.1) is 0 Å². The van der Waals surface area contributed by atoms with Crippen molar-refractivity contribution in [3.63, 3.8) is 0 Å². The summed E-state index contributed by atoms with van der Waals surface area (Å²) in [5, 5.41) is 18.8. The van der Waals surface area contributed by atoms with Crippen LogP contribution in [0.1, 0.15) is 38.2 Å². The van der Waals surface area contributed by atoms with Gasteiger partial charge in [0.1, 0.15) is 11.3 Å². The van der Waals surface area contributed by atoms with Crippen LogP contribution in [0, 0.1) is 11.3 Å². The molecule has 0 aromatic heterocycles. The molecule has 1 aromatic rings. The Morgan fingerprint density at radius 1 is 1.21 bits per heavy atom. The average molecular weight is 258 g/mol. The molecule has 19 heavy (non-hydrogen) atoms. The van der Waals surface area contributed by atoms with E-state index in [0.717, 1.165) is 25.9 Å². The van der Waals surface area contributed by atoms with Gasteiger partial charge in [-0.05, 0) is 63.4 Å². The van der Waals surface area contributed by atoms with Crippen molar-refractivity contribution in [3.05, 3.63) is 29.8 Å². The first-order valence-electron chi connectivity index (χ1n) is 7.08. The summed E-state index contributed by atoms with van der Waals surface area (Å²) in [6.45, 7) is 4.14. The van der Waals surface area contributed by atoms with Gasteiger partial charge < -0.3 is 5.11 Å². The van der Waals surface area contributed by atoms with E-state index in [2.05, 4.69) is 17.9 Å². The number of hydrogen-bond donors (Lipinski definition) is 1. The van der Waals surface area contributed by atoms with Crippen molar-refractivity contribution in [2.24, 2.45) is 0 Å². The Morgan fingerprint density at radius 2 is 1.84 bits per heavy atom. The number of hydrogen-bond acceptors (Lipinski definition) is 3. The summed E-state index contributed by atoms with van der Waals surface area (Å²) in [7, 11) is 0. The number of nitrogens with zero attached hydrogens (tertiary/aromatic N) is 2. The van der Waals surface area contributed by atoms with Crippen LogP contribution in [-0.2, 0) is 6.42 Å². The first-order valence-corrected chi connectivity index (χ1v) is 7.08. The number of aromatic hydroxyl groups is 1. The molecule has 1 unspecified atom stereocenters. The highest BCUT2D eigenvalue weighted by Gasteiger charge is 2.32. The zero-order valence-electron chi connectivity index (χ0n) is 11.6. The van der Waals surface area contributed by atoms with Gasteiger partial charge >= 0.3 is 0 Å². The molecule has 3 nitrogen and oxygen atoms in total. The fourth-order valence-electron chi connectivity index (χ4n) is 2.72. The quantitative estimate of drug-likeness (QED) is 0.902. The van der Waals surface area contributed by atoms with Gasteiger partial charge in [0.05, 0.1) is 6.07 Å². The number of likely N-dealkylation sites (tertiary alicyclic amines) is 1. The first-order chi connectivity index (χ1) is 9.14. The first kappa shape index (κ1) is 13.9. The van der Waals surface area contributed by atoms with E-state index in [1.807, 2.05) is 12.1 Å². The lowest BCUT2D eigenvalue weighted by Crippen LogP contribution is -2.48. The zero-order valence-corrected chi connectivity index (χ0v) is 11.6. The molecule has 3 heteroatoms. The lowest BCUT2D eigenvalue weighted by molar-refractivity contribution is 0.117. The molecule has 0 spiro atoms. The predicted molar refractivity (Wildman–Crippen MR) is 75.9 cm³/mol. The molecule has 1 fully saturated rings. The van der Waals surface area contributed by atoms with Crippen LogP contribution in [0.2, 0.25) is 0 Å². The van der Waals surface area contributed by atoms with Crippen LogP contribution in [0.15, 0.2) is 24.3 Å². The van der Waals surface area contributed by atoms with Gasteiger partial charge in [0, 0.05) is 0 Å². The minimum atomic E-state index is -0.363. The van der Waals surface area contributed by atoms with Crippen LogP contribution >= 0.6 is 0 Å². The van der Waals surface area contributed by atoms with E-state index in [4.69, 9.17) is 0 Å². The van der Waals surface area contributed by atoms with Gasteiger partial charge in [0.25, 0.3) is 0 Å². The van der Waals surface area contributed by atoms with Gasteiger partial charge in [-0.1, -0.05) is 18.6 Å². The molecule has 1 aliphatic rings. The molecule has 0 aliphatic carbocycles. The van der Waals surface area contributed by atoms with E-state index in [0.29, 0.717) is 5.75 Å². The van der Waals surface area contributed by atoms with Crippen LogP contribution in [-0.4, -0.2) is 28.6 Å². The molecule has 1 aliphatic heterocycles. The van der Waals surface area contributed by atoms with E-state index in [-0.39, 0.29) is 5.54 Å². The van der Waals surface area contributed by atoms with Crippen molar-refractivity contribution in [1.29, 1.82) is 5.26 Å². The Kier molecular flexibility index (Phi) is 4.44. The molecule has 0 amide bonds. The number of benzene rings is 1. The number of rotatable bonds is 4. The minimum Gasteiger partial charge on any atom is -0.508 e. The third-order valence-electron chi connectivity index (χ3n) is 4.13. The number of piperidine rings is 1. The van der Waals surface area contributed by atoms with Gasteiger partial charge in [-0.25, -0.2) is 0 Å².